The lowest BCUT2D eigenvalue weighted by Crippen LogP contribution is -2.15. The van der Waals surface area contributed by atoms with Gasteiger partial charge in [-0.2, -0.15) is 0 Å². The van der Waals surface area contributed by atoms with E-state index in [1.54, 1.807) is 12.1 Å². The maximum absolute atomic E-state index is 12.7. The fourth-order valence-corrected chi connectivity index (χ4v) is 1.28. The summed E-state index contributed by atoms with van der Waals surface area (Å²) in [6.07, 6.45) is 0. The molecule has 13 heavy (non-hydrogen) atoms. The molecule has 0 saturated heterocycles. The van der Waals surface area contributed by atoms with Crippen molar-refractivity contribution in [3.8, 4) is 0 Å². The van der Waals surface area contributed by atoms with E-state index in [4.69, 9.17) is 23.2 Å². The van der Waals surface area contributed by atoms with Crippen LogP contribution in [0.5, 0.6) is 0 Å². The maximum atomic E-state index is 12.7. The number of rotatable bonds is 3. The molecule has 0 fully saturated rings. The summed E-state index contributed by atoms with van der Waals surface area (Å²) < 4.78 is 12.7. The molecule has 0 aromatic heterocycles. The third-order valence-electron chi connectivity index (χ3n) is 1.64. The molecule has 72 valence electrons. The molecule has 0 aliphatic carbocycles. The molecule has 0 N–H and O–H groups in total. The van der Waals surface area contributed by atoms with E-state index in [1.165, 1.54) is 6.07 Å². The molecule has 0 heterocycles. The zero-order chi connectivity index (χ0) is 9.84. The Balaban J connectivity index is 2.73. The van der Waals surface area contributed by atoms with E-state index in [1.807, 2.05) is 11.9 Å². The molecule has 0 bridgehead atoms. The van der Waals surface area contributed by atoms with Gasteiger partial charge in [-0.15, -0.1) is 11.6 Å². The van der Waals surface area contributed by atoms with Crippen molar-refractivity contribution in [2.75, 3.05) is 13.1 Å². The minimum absolute atomic E-state index is 0.153. The molecule has 0 radical (unpaired) electrons. The average Bonchev–Trinajstić information content (AvgIpc) is 2.11. The Bertz CT molecular complexity index is 291. The molecular weight excluding hydrogens is 212 g/mol. The first-order chi connectivity index (χ1) is 6.13. The second-order valence-corrected chi connectivity index (χ2v) is 3.53. The van der Waals surface area contributed by atoms with Crippen molar-refractivity contribution in [2.45, 2.75) is 6.54 Å². The standard InChI is InChI=1S/C9H10Cl2FN/c1-13(6-10)5-7-2-3-9(12)8(11)4-7/h2-4H,5-6H2,1H3. The lowest BCUT2D eigenvalue weighted by molar-refractivity contribution is 0.382. The van der Waals surface area contributed by atoms with Crippen LogP contribution < -0.4 is 0 Å². The summed E-state index contributed by atoms with van der Waals surface area (Å²) in [7, 11) is 1.88. The molecule has 0 unspecified atom stereocenters. The number of hydrogen-bond donors (Lipinski definition) is 0. The fraction of sp³-hybridized carbons (Fsp3) is 0.333. The van der Waals surface area contributed by atoms with Crippen molar-refractivity contribution in [1.82, 2.24) is 4.90 Å². The van der Waals surface area contributed by atoms with Gasteiger partial charge in [0.25, 0.3) is 0 Å². The second kappa shape index (κ2) is 4.80. The topological polar surface area (TPSA) is 3.24 Å². The maximum Gasteiger partial charge on any atom is 0.141 e. The zero-order valence-electron chi connectivity index (χ0n) is 7.23. The van der Waals surface area contributed by atoms with Crippen LogP contribution in [-0.2, 0) is 6.54 Å². The summed E-state index contributed by atoms with van der Waals surface area (Å²) in [5.74, 6) is -0.390. The van der Waals surface area contributed by atoms with Crippen molar-refractivity contribution in [3.05, 3.63) is 34.6 Å². The van der Waals surface area contributed by atoms with Gasteiger partial charge in [0.05, 0.1) is 11.0 Å². The minimum Gasteiger partial charge on any atom is -0.289 e. The summed E-state index contributed by atoms with van der Waals surface area (Å²) in [6, 6.07) is 5.11. The quantitative estimate of drug-likeness (QED) is 0.561. The molecule has 0 aliphatic heterocycles. The first-order valence-corrected chi connectivity index (χ1v) is 4.73. The van der Waals surface area contributed by atoms with Crippen molar-refractivity contribution >= 4 is 23.2 Å². The summed E-state index contributed by atoms with van der Waals surface area (Å²) in [5, 5.41) is 0.153. The minimum atomic E-state index is -0.390. The molecule has 0 aliphatic rings. The molecule has 4 heteroatoms. The first kappa shape index (κ1) is 10.8. The first-order valence-electron chi connectivity index (χ1n) is 3.82. The van der Waals surface area contributed by atoms with Crippen LogP contribution in [0.15, 0.2) is 18.2 Å². The van der Waals surface area contributed by atoms with Crippen LogP contribution in [0.3, 0.4) is 0 Å². The normalized spacial score (nSPS) is 10.8. The van der Waals surface area contributed by atoms with Crippen LogP contribution in [0.25, 0.3) is 0 Å². The average molecular weight is 222 g/mol. The third-order valence-corrected chi connectivity index (χ3v) is 2.34. The van der Waals surface area contributed by atoms with E-state index in [2.05, 4.69) is 0 Å². The molecule has 0 amide bonds. The van der Waals surface area contributed by atoms with Gasteiger partial charge in [-0.3, -0.25) is 4.90 Å². The van der Waals surface area contributed by atoms with E-state index >= 15 is 0 Å². The van der Waals surface area contributed by atoms with Crippen LogP contribution in [-0.4, -0.2) is 18.0 Å². The van der Waals surface area contributed by atoms with Crippen LogP contribution in [0.2, 0.25) is 5.02 Å². The second-order valence-electron chi connectivity index (χ2n) is 2.88. The Morgan fingerprint density at radius 2 is 2.15 bits per heavy atom. The number of nitrogens with zero attached hydrogens (tertiary/aromatic N) is 1. The van der Waals surface area contributed by atoms with Crippen LogP contribution in [0.1, 0.15) is 5.56 Å². The number of alkyl halides is 1. The summed E-state index contributed by atoms with van der Waals surface area (Å²) in [6.45, 7) is 0.670. The Labute approximate surface area is 87.1 Å². The Morgan fingerprint density at radius 1 is 1.46 bits per heavy atom. The van der Waals surface area contributed by atoms with Gasteiger partial charge in [-0.25, -0.2) is 4.39 Å². The fourth-order valence-electron chi connectivity index (χ4n) is 0.992. The predicted octanol–water partition coefficient (Wildman–Crippen LogP) is 3.11. The van der Waals surface area contributed by atoms with E-state index in [-0.39, 0.29) is 10.8 Å². The third kappa shape index (κ3) is 3.14. The van der Waals surface area contributed by atoms with Gasteiger partial charge in [-0.05, 0) is 24.7 Å². The van der Waals surface area contributed by atoms with Gasteiger partial charge in [-0.1, -0.05) is 17.7 Å². The molecule has 0 spiro atoms. The summed E-state index contributed by atoms with van der Waals surface area (Å²) in [4.78, 5) is 1.89. The lowest BCUT2D eigenvalue weighted by Gasteiger charge is -2.12. The Hall–Kier alpha value is -0.310. The van der Waals surface area contributed by atoms with Crippen molar-refractivity contribution < 1.29 is 4.39 Å². The van der Waals surface area contributed by atoms with Crippen molar-refractivity contribution in [1.29, 1.82) is 0 Å². The monoisotopic (exact) mass is 221 g/mol. The van der Waals surface area contributed by atoms with E-state index in [0.717, 1.165) is 5.56 Å². The molecule has 0 atom stereocenters. The molecule has 1 aromatic rings. The Morgan fingerprint density at radius 3 is 2.69 bits per heavy atom. The number of halogens is 3. The summed E-state index contributed by atoms with van der Waals surface area (Å²) >= 11 is 11.2. The highest BCUT2D eigenvalue weighted by Crippen LogP contribution is 2.16. The highest BCUT2D eigenvalue weighted by molar-refractivity contribution is 6.30. The zero-order valence-corrected chi connectivity index (χ0v) is 8.74. The van der Waals surface area contributed by atoms with Gasteiger partial charge >= 0.3 is 0 Å². The SMILES string of the molecule is CN(CCl)Cc1ccc(F)c(Cl)c1. The number of hydrogen-bond acceptors (Lipinski definition) is 1. The van der Waals surface area contributed by atoms with Crippen LogP contribution in [0, 0.1) is 5.82 Å². The largest absolute Gasteiger partial charge is 0.289 e. The molecule has 1 rings (SSSR count). The van der Waals surface area contributed by atoms with Gasteiger partial charge in [0, 0.05) is 6.54 Å². The van der Waals surface area contributed by atoms with E-state index in [9.17, 15) is 4.39 Å². The van der Waals surface area contributed by atoms with Gasteiger partial charge < -0.3 is 0 Å². The highest BCUT2D eigenvalue weighted by Gasteiger charge is 2.02. The lowest BCUT2D eigenvalue weighted by atomic mass is 10.2. The van der Waals surface area contributed by atoms with Gasteiger partial charge in [0.2, 0.25) is 0 Å². The molecular formula is C9H10Cl2FN. The van der Waals surface area contributed by atoms with Crippen molar-refractivity contribution in [3.63, 3.8) is 0 Å². The molecule has 1 nitrogen and oxygen atoms in total. The van der Waals surface area contributed by atoms with Gasteiger partial charge in [0.15, 0.2) is 0 Å². The highest BCUT2D eigenvalue weighted by atomic mass is 35.5. The van der Waals surface area contributed by atoms with Gasteiger partial charge in [0.1, 0.15) is 5.82 Å². The van der Waals surface area contributed by atoms with Crippen LogP contribution >= 0.6 is 23.2 Å². The smallest absolute Gasteiger partial charge is 0.141 e. The Kier molecular flexibility index (Phi) is 3.97. The van der Waals surface area contributed by atoms with E-state index < -0.39 is 0 Å². The van der Waals surface area contributed by atoms with Crippen LogP contribution in [0.4, 0.5) is 4.39 Å². The number of benzene rings is 1. The van der Waals surface area contributed by atoms with Crippen molar-refractivity contribution in [2.24, 2.45) is 0 Å². The summed E-state index contributed by atoms with van der Waals surface area (Å²) in [5.41, 5.74) is 0.953. The predicted molar refractivity (Wildman–Crippen MR) is 53.6 cm³/mol. The molecule has 0 saturated carbocycles. The molecule has 1 aromatic carbocycles. The van der Waals surface area contributed by atoms with E-state index in [0.29, 0.717) is 12.5 Å².